The maximum absolute atomic E-state index is 12.4. The molecule has 6 aliphatic rings. The Morgan fingerprint density at radius 3 is 2.56 bits per heavy atom. The number of hydrogen-bond acceptors (Lipinski definition) is 9. The molecule has 41 heavy (non-hydrogen) atoms. The van der Waals surface area contributed by atoms with Crippen LogP contribution < -0.4 is 9.64 Å². The summed E-state index contributed by atoms with van der Waals surface area (Å²) in [5.74, 6) is 1.68. The van der Waals surface area contributed by atoms with Gasteiger partial charge in [-0.15, -0.1) is 0 Å². The zero-order valence-corrected chi connectivity index (χ0v) is 23.6. The number of carbonyl (C=O) groups is 1. The number of fused-ring (bicyclic) bond motifs is 5. The number of likely N-dealkylation sites (N-methyl/N-ethyl adjacent to an activating group) is 1. The van der Waals surface area contributed by atoms with Crippen LogP contribution in [0.3, 0.4) is 0 Å². The van der Waals surface area contributed by atoms with Crippen LogP contribution in [-0.4, -0.2) is 119 Å². The Labute approximate surface area is 239 Å². The van der Waals surface area contributed by atoms with Crippen molar-refractivity contribution in [2.45, 2.75) is 43.4 Å². The fourth-order valence-electron chi connectivity index (χ4n) is 7.16. The van der Waals surface area contributed by atoms with E-state index in [1.54, 1.807) is 17.8 Å². The van der Waals surface area contributed by atoms with E-state index in [1.807, 2.05) is 35.5 Å². The Hall–Kier alpha value is -3.72. The summed E-state index contributed by atoms with van der Waals surface area (Å²) in [5, 5.41) is 14.2. The van der Waals surface area contributed by atoms with Gasteiger partial charge >= 0.3 is 0 Å². The third-order valence-corrected chi connectivity index (χ3v) is 9.36. The van der Waals surface area contributed by atoms with Crippen LogP contribution in [0.4, 0.5) is 5.82 Å². The van der Waals surface area contributed by atoms with Gasteiger partial charge in [0.2, 0.25) is 5.91 Å². The molecule has 6 aliphatic heterocycles. The maximum Gasteiger partial charge on any atom is 0.249 e. The quantitative estimate of drug-likeness (QED) is 0.366. The molecule has 11 heteroatoms. The molecule has 9 rings (SSSR count). The number of pyridine rings is 2. The van der Waals surface area contributed by atoms with Gasteiger partial charge in [0.05, 0.1) is 42.2 Å². The smallest absolute Gasteiger partial charge is 0.249 e. The monoisotopic (exact) mass is 556 g/mol. The van der Waals surface area contributed by atoms with Crippen molar-refractivity contribution in [1.29, 1.82) is 5.26 Å². The van der Waals surface area contributed by atoms with Gasteiger partial charge in [0.25, 0.3) is 0 Å². The molecule has 0 spiro atoms. The number of rotatable bonds is 9. The molecule has 0 N–H and O–H groups in total. The van der Waals surface area contributed by atoms with Crippen molar-refractivity contribution in [2.75, 3.05) is 65.0 Å². The van der Waals surface area contributed by atoms with Gasteiger partial charge in [-0.05, 0) is 44.5 Å². The average Bonchev–Trinajstić information content (AvgIpc) is 3.42. The first-order chi connectivity index (χ1) is 20.0. The van der Waals surface area contributed by atoms with Gasteiger partial charge in [0.15, 0.2) is 0 Å². The number of ether oxygens (including phenoxy) is 2. The molecule has 0 radical (unpaired) electrons. The minimum atomic E-state index is 0.0627. The molecule has 3 aromatic rings. The van der Waals surface area contributed by atoms with Crippen LogP contribution >= 0.6 is 0 Å². The van der Waals surface area contributed by atoms with E-state index in [0.717, 1.165) is 73.8 Å². The summed E-state index contributed by atoms with van der Waals surface area (Å²) in [7, 11) is 3.79. The lowest BCUT2D eigenvalue weighted by atomic mass is 9.87. The lowest BCUT2D eigenvalue weighted by Crippen LogP contribution is -2.70. The van der Waals surface area contributed by atoms with Crippen molar-refractivity contribution >= 4 is 17.2 Å². The fraction of sp³-hybridized carbons (Fsp3) is 0.533. The zero-order chi connectivity index (χ0) is 28.1. The number of aromatic nitrogens is 3. The third-order valence-electron chi connectivity index (χ3n) is 9.36. The Balaban J connectivity index is 1.04. The largest absolute Gasteiger partial charge is 0.492 e. The minimum absolute atomic E-state index is 0.0627. The van der Waals surface area contributed by atoms with Crippen LogP contribution in [0.5, 0.6) is 5.75 Å². The van der Waals surface area contributed by atoms with Crippen molar-refractivity contribution in [1.82, 2.24) is 29.3 Å². The summed E-state index contributed by atoms with van der Waals surface area (Å²) >= 11 is 0. The SMILES string of the molecule is COCC(=O)N1C2CC1CN(c1ccc(-c3cc(OCCCN4CC5CC(C4)N5C)cn4ncc(C#N)c34)cn1)C2. The molecule has 6 fully saturated rings. The van der Waals surface area contributed by atoms with E-state index in [2.05, 4.69) is 32.9 Å². The second-order valence-electron chi connectivity index (χ2n) is 11.8. The molecule has 6 saturated heterocycles. The van der Waals surface area contributed by atoms with Gasteiger partial charge in [-0.3, -0.25) is 9.69 Å². The summed E-state index contributed by atoms with van der Waals surface area (Å²) in [6.07, 6.45) is 8.63. The number of nitrogens with zero attached hydrogens (tertiary/aromatic N) is 8. The maximum atomic E-state index is 12.4. The summed E-state index contributed by atoms with van der Waals surface area (Å²) in [6, 6.07) is 10.2. The molecule has 214 valence electrons. The predicted molar refractivity (Wildman–Crippen MR) is 153 cm³/mol. The second-order valence-corrected chi connectivity index (χ2v) is 11.8. The highest BCUT2D eigenvalue weighted by Crippen LogP contribution is 2.36. The summed E-state index contributed by atoms with van der Waals surface area (Å²) < 4.78 is 13.0. The number of methoxy groups -OCH3 is 1. The number of piperidine rings is 2. The van der Waals surface area contributed by atoms with E-state index in [9.17, 15) is 10.1 Å². The molecule has 3 aromatic heterocycles. The zero-order valence-electron chi connectivity index (χ0n) is 23.6. The molecule has 1 amide bonds. The van der Waals surface area contributed by atoms with Crippen LogP contribution in [-0.2, 0) is 9.53 Å². The first-order valence-corrected chi connectivity index (χ1v) is 14.5. The lowest BCUT2D eigenvalue weighted by Gasteiger charge is -2.56. The summed E-state index contributed by atoms with van der Waals surface area (Å²) in [5.41, 5.74) is 3.03. The number of amides is 1. The van der Waals surface area contributed by atoms with Crippen molar-refractivity contribution < 1.29 is 14.3 Å². The Kier molecular flexibility index (Phi) is 6.77. The standard InChI is InChI=1S/C30H36N8O3/c1-34-22-8-23(34)15-35(14-22)6-3-7-41-26-10-27(30-21(11-31)13-33-37(30)18-26)20-4-5-28(32-12-20)36-16-24-9-25(17-36)38(24)29(39)19-40-2/h4-5,10,12-13,18,22-25H,3,6-9,14-17,19H2,1-2H3. The Morgan fingerprint density at radius 1 is 1.10 bits per heavy atom. The van der Waals surface area contributed by atoms with Crippen molar-refractivity contribution in [3.8, 4) is 22.9 Å². The highest BCUT2D eigenvalue weighted by atomic mass is 16.5. The number of piperazine rings is 2. The number of nitriles is 1. The molecule has 4 atom stereocenters. The molecular weight excluding hydrogens is 520 g/mol. The Bertz CT molecular complexity index is 1460. The summed E-state index contributed by atoms with van der Waals surface area (Å²) in [6.45, 7) is 5.63. The summed E-state index contributed by atoms with van der Waals surface area (Å²) in [4.78, 5) is 26.4. The molecule has 0 aliphatic carbocycles. The third kappa shape index (κ3) is 4.70. The van der Waals surface area contributed by atoms with E-state index in [0.29, 0.717) is 24.3 Å². The number of anilines is 1. The molecule has 0 aromatic carbocycles. The van der Waals surface area contributed by atoms with Gasteiger partial charge < -0.3 is 24.2 Å². The van der Waals surface area contributed by atoms with Crippen LogP contribution in [0, 0.1) is 11.3 Å². The van der Waals surface area contributed by atoms with E-state index >= 15 is 0 Å². The minimum Gasteiger partial charge on any atom is -0.492 e. The predicted octanol–water partition coefficient (Wildman–Crippen LogP) is 1.86. The van der Waals surface area contributed by atoms with E-state index in [-0.39, 0.29) is 24.6 Å². The van der Waals surface area contributed by atoms with Gasteiger partial charge in [-0.25, -0.2) is 9.50 Å². The van der Waals surface area contributed by atoms with Gasteiger partial charge in [0.1, 0.15) is 24.2 Å². The van der Waals surface area contributed by atoms with Crippen LogP contribution in [0.1, 0.15) is 24.8 Å². The lowest BCUT2D eigenvalue weighted by molar-refractivity contribution is -0.150. The number of hydrogen-bond donors (Lipinski definition) is 0. The van der Waals surface area contributed by atoms with Gasteiger partial charge in [-0.2, -0.15) is 10.4 Å². The molecule has 0 saturated carbocycles. The van der Waals surface area contributed by atoms with Crippen LogP contribution in [0.15, 0.2) is 36.8 Å². The second kappa shape index (κ2) is 10.6. The number of carbonyl (C=O) groups excluding carboxylic acids is 1. The van der Waals surface area contributed by atoms with Crippen molar-refractivity contribution in [3.63, 3.8) is 0 Å². The fourth-order valence-corrected chi connectivity index (χ4v) is 7.16. The Morgan fingerprint density at radius 2 is 1.88 bits per heavy atom. The van der Waals surface area contributed by atoms with Crippen LogP contribution in [0.25, 0.3) is 16.6 Å². The van der Waals surface area contributed by atoms with E-state index in [4.69, 9.17) is 14.5 Å². The molecule has 11 nitrogen and oxygen atoms in total. The first kappa shape index (κ1) is 26.2. The topological polar surface area (TPSA) is 102 Å². The van der Waals surface area contributed by atoms with E-state index < -0.39 is 0 Å². The highest BCUT2D eigenvalue weighted by molar-refractivity contribution is 5.85. The van der Waals surface area contributed by atoms with Gasteiger partial charge in [0, 0.05) is 69.2 Å². The molecule has 4 unspecified atom stereocenters. The van der Waals surface area contributed by atoms with Crippen molar-refractivity contribution in [2.24, 2.45) is 0 Å². The molecular formula is C30H36N8O3. The highest BCUT2D eigenvalue weighted by Gasteiger charge is 2.47. The molecule has 4 bridgehead atoms. The average molecular weight is 557 g/mol. The van der Waals surface area contributed by atoms with E-state index in [1.165, 1.54) is 6.42 Å². The van der Waals surface area contributed by atoms with Crippen molar-refractivity contribution in [3.05, 3.63) is 42.4 Å². The first-order valence-electron chi connectivity index (χ1n) is 14.5. The normalized spacial score (nSPS) is 25.5. The van der Waals surface area contributed by atoms with Gasteiger partial charge in [-0.1, -0.05) is 0 Å². The molecule has 9 heterocycles. The van der Waals surface area contributed by atoms with Crippen LogP contribution in [0.2, 0.25) is 0 Å².